The summed E-state index contributed by atoms with van der Waals surface area (Å²) in [7, 11) is 2.55. The number of pyridine rings is 1. The van der Waals surface area contributed by atoms with Crippen LogP contribution in [0.15, 0.2) is 42.6 Å². The monoisotopic (exact) mass is 409 g/mol. The molecule has 1 unspecified atom stereocenters. The smallest absolute Gasteiger partial charge is 0.388 e. The molecule has 1 aromatic carbocycles. The van der Waals surface area contributed by atoms with Crippen molar-refractivity contribution in [2.24, 2.45) is 0 Å². The van der Waals surface area contributed by atoms with Crippen LogP contribution in [0.4, 0.5) is 13.2 Å². The van der Waals surface area contributed by atoms with E-state index in [4.69, 9.17) is 5.11 Å². The van der Waals surface area contributed by atoms with E-state index in [0.29, 0.717) is 5.56 Å². The lowest BCUT2D eigenvalue weighted by atomic mass is 10.1. The van der Waals surface area contributed by atoms with Crippen LogP contribution in [0.5, 0.6) is 0 Å². The number of Topliss-reactive ketones (excluding diaryl/α,β-unsaturated/α-hetero) is 1. The fourth-order valence-corrected chi connectivity index (χ4v) is 2.60. The summed E-state index contributed by atoms with van der Waals surface area (Å²) in [6, 6.07) is 6.40. The van der Waals surface area contributed by atoms with Crippen molar-refractivity contribution in [3.63, 3.8) is 0 Å². The van der Waals surface area contributed by atoms with E-state index in [0.717, 1.165) is 17.2 Å². The van der Waals surface area contributed by atoms with Gasteiger partial charge in [-0.25, -0.2) is 0 Å². The number of rotatable bonds is 6. The molecule has 1 atom stereocenters. The number of carbonyl (C=O) groups excluding carboxylic acids is 3. The van der Waals surface area contributed by atoms with Crippen molar-refractivity contribution in [3.05, 3.63) is 53.7 Å². The second-order valence-corrected chi connectivity index (χ2v) is 6.06. The Bertz CT molecular complexity index is 880. The highest BCUT2D eigenvalue weighted by Crippen LogP contribution is 2.29. The molecule has 0 spiro atoms. The zero-order chi connectivity index (χ0) is 21.8. The first-order valence-corrected chi connectivity index (χ1v) is 8.36. The predicted octanol–water partition coefficient (Wildman–Crippen LogP) is 1.52. The fraction of sp³-hybridized carbons (Fsp3) is 0.263. The van der Waals surface area contributed by atoms with Crippen LogP contribution in [0, 0.1) is 0 Å². The zero-order valence-electron chi connectivity index (χ0n) is 15.5. The first-order valence-electron chi connectivity index (χ1n) is 8.36. The van der Waals surface area contributed by atoms with Gasteiger partial charge < -0.3 is 15.3 Å². The van der Waals surface area contributed by atoms with Crippen molar-refractivity contribution in [2.45, 2.75) is 12.2 Å². The number of aromatic nitrogens is 1. The number of aliphatic hydroxyl groups excluding tert-OH is 1. The van der Waals surface area contributed by atoms with Crippen LogP contribution in [-0.2, 0) is 15.8 Å². The highest BCUT2D eigenvalue weighted by molar-refractivity contribution is 6.10. The average molecular weight is 409 g/mol. The molecule has 0 aliphatic heterocycles. The van der Waals surface area contributed by atoms with Crippen LogP contribution in [-0.4, -0.2) is 59.3 Å². The Morgan fingerprint density at radius 3 is 2.21 bits per heavy atom. The minimum Gasteiger partial charge on any atom is -0.388 e. The molecule has 154 valence electrons. The maximum Gasteiger partial charge on any atom is 0.417 e. The van der Waals surface area contributed by atoms with Crippen molar-refractivity contribution >= 4 is 17.6 Å². The van der Waals surface area contributed by atoms with Crippen LogP contribution in [0.2, 0.25) is 0 Å². The van der Waals surface area contributed by atoms with E-state index in [1.54, 1.807) is 0 Å². The van der Waals surface area contributed by atoms with E-state index >= 15 is 0 Å². The Hall–Kier alpha value is -3.27. The molecule has 10 heteroatoms. The van der Waals surface area contributed by atoms with E-state index in [9.17, 15) is 27.6 Å². The molecule has 0 aliphatic rings. The molecule has 7 nitrogen and oxygen atoms in total. The van der Waals surface area contributed by atoms with Crippen LogP contribution in [0.25, 0.3) is 11.3 Å². The van der Waals surface area contributed by atoms with Crippen LogP contribution in [0.3, 0.4) is 0 Å². The lowest BCUT2D eigenvalue weighted by molar-refractivity contribution is -0.138. The van der Waals surface area contributed by atoms with Gasteiger partial charge in [0, 0.05) is 31.4 Å². The number of halogens is 3. The lowest BCUT2D eigenvalue weighted by Crippen LogP contribution is -2.52. The van der Waals surface area contributed by atoms with Gasteiger partial charge in [0.25, 0.3) is 5.91 Å². The second-order valence-electron chi connectivity index (χ2n) is 6.06. The predicted molar refractivity (Wildman–Crippen MR) is 96.7 cm³/mol. The largest absolute Gasteiger partial charge is 0.417 e. The molecule has 2 rings (SSSR count). The van der Waals surface area contributed by atoms with Gasteiger partial charge in [0.15, 0.2) is 11.8 Å². The SMILES string of the molecule is CNC(=O)C(C(=O)CO)N(C)C(=O)c1ccc(-c2ccc(C(F)(F)F)cn2)cc1. The van der Waals surface area contributed by atoms with Gasteiger partial charge in [-0.3, -0.25) is 19.4 Å². The maximum atomic E-state index is 12.6. The van der Waals surface area contributed by atoms with Crippen molar-refractivity contribution in [2.75, 3.05) is 20.7 Å². The average Bonchev–Trinajstić information content (AvgIpc) is 2.72. The normalized spacial score (nSPS) is 12.2. The van der Waals surface area contributed by atoms with Gasteiger partial charge in [0.2, 0.25) is 5.91 Å². The number of nitrogens with zero attached hydrogens (tertiary/aromatic N) is 2. The van der Waals surface area contributed by atoms with Crippen molar-refractivity contribution in [1.29, 1.82) is 0 Å². The van der Waals surface area contributed by atoms with Gasteiger partial charge in [0.1, 0.15) is 6.61 Å². The van der Waals surface area contributed by atoms with Crippen molar-refractivity contribution < 1.29 is 32.7 Å². The molecule has 0 radical (unpaired) electrons. The Labute approximate surface area is 164 Å². The molecule has 0 saturated heterocycles. The van der Waals surface area contributed by atoms with Crippen molar-refractivity contribution in [3.8, 4) is 11.3 Å². The first kappa shape index (κ1) is 22.0. The molecule has 29 heavy (non-hydrogen) atoms. The lowest BCUT2D eigenvalue weighted by Gasteiger charge is -2.25. The summed E-state index contributed by atoms with van der Waals surface area (Å²) in [4.78, 5) is 41.0. The molecule has 0 aliphatic carbocycles. The zero-order valence-corrected chi connectivity index (χ0v) is 15.5. The molecule has 2 amide bonds. The topological polar surface area (TPSA) is 99.6 Å². The van der Waals surface area contributed by atoms with E-state index in [1.807, 2.05) is 0 Å². The molecular formula is C19H18F3N3O4. The molecule has 2 aromatic rings. The number of hydrogen-bond acceptors (Lipinski definition) is 5. The molecule has 0 fully saturated rings. The first-order chi connectivity index (χ1) is 13.6. The van der Waals surface area contributed by atoms with E-state index in [2.05, 4.69) is 10.3 Å². The number of hydrogen-bond donors (Lipinski definition) is 2. The van der Waals surface area contributed by atoms with Gasteiger partial charge in [-0.2, -0.15) is 13.2 Å². The quantitative estimate of drug-likeness (QED) is 0.705. The Balaban J connectivity index is 2.23. The Morgan fingerprint density at radius 2 is 1.76 bits per heavy atom. The fourth-order valence-electron chi connectivity index (χ4n) is 2.60. The molecule has 0 bridgehead atoms. The number of alkyl halides is 3. The van der Waals surface area contributed by atoms with Gasteiger partial charge in [-0.05, 0) is 24.3 Å². The number of ketones is 1. The second kappa shape index (κ2) is 8.82. The number of benzene rings is 1. The third-order valence-corrected chi connectivity index (χ3v) is 4.18. The molecule has 2 N–H and O–H groups in total. The summed E-state index contributed by atoms with van der Waals surface area (Å²) < 4.78 is 37.9. The summed E-state index contributed by atoms with van der Waals surface area (Å²) >= 11 is 0. The van der Waals surface area contributed by atoms with E-state index < -0.39 is 42.0 Å². The molecule has 1 heterocycles. The summed E-state index contributed by atoms with van der Waals surface area (Å²) in [5, 5.41) is 11.3. The minimum absolute atomic E-state index is 0.141. The molecule has 0 saturated carbocycles. The third-order valence-electron chi connectivity index (χ3n) is 4.18. The van der Waals surface area contributed by atoms with Crippen LogP contribution < -0.4 is 5.32 Å². The standard InChI is InChI=1S/C19H18F3N3O4/c1-23-17(28)16(15(27)10-26)25(2)18(29)12-5-3-11(4-6-12)14-8-7-13(9-24-14)19(20,21)22/h3-9,16,26H,10H2,1-2H3,(H,23,28). The number of likely N-dealkylation sites (N-methyl/N-ethyl adjacent to an activating group) is 2. The Morgan fingerprint density at radius 1 is 1.14 bits per heavy atom. The highest BCUT2D eigenvalue weighted by Gasteiger charge is 2.33. The summed E-state index contributed by atoms with van der Waals surface area (Å²) in [5.41, 5.74) is 0.0301. The minimum atomic E-state index is -4.49. The summed E-state index contributed by atoms with van der Waals surface area (Å²) in [6.45, 7) is -0.908. The third kappa shape index (κ3) is 4.96. The van der Waals surface area contributed by atoms with Crippen LogP contribution in [0.1, 0.15) is 15.9 Å². The summed E-state index contributed by atoms with van der Waals surface area (Å²) in [6.07, 6.45) is -3.77. The van der Waals surface area contributed by atoms with Crippen LogP contribution >= 0.6 is 0 Å². The van der Waals surface area contributed by atoms with Gasteiger partial charge in [0.05, 0.1) is 11.3 Å². The van der Waals surface area contributed by atoms with Gasteiger partial charge in [-0.1, -0.05) is 12.1 Å². The van der Waals surface area contributed by atoms with Crippen molar-refractivity contribution in [1.82, 2.24) is 15.2 Å². The van der Waals surface area contributed by atoms with E-state index in [-0.39, 0.29) is 11.3 Å². The summed E-state index contributed by atoms with van der Waals surface area (Å²) in [5.74, 6) is -2.23. The van der Waals surface area contributed by atoms with Gasteiger partial charge in [-0.15, -0.1) is 0 Å². The highest BCUT2D eigenvalue weighted by atomic mass is 19.4. The number of amides is 2. The van der Waals surface area contributed by atoms with E-state index in [1.165, 1.54) is 44.4 Å². The maximum absolute atomic E-state index is 12.6. The number of aliphatic hydroxyl groups is 1. The number of carbonyl (C=O) groups is 3. The Kier molecular flexibility index (Phi) is 6.70. The number of nitrogens with one attached hydrogen (secondary N) is 1. The molecule has 1 aromatic heterocycles. The molecular weight excluding hydrogens is 391 g/mol. The van der Waals surface area contributed by atoms with Gasteiger partial charge >= 0.3 is 6.18 Å².